The molecule has 0 fully saturated rings. The summed E-state index contributed by atoms with van der Waals surface area (Å²) in [5.41, 5.74) is 2.76. The molecular weight excluding hydrogens is 408 g/mol. The van der Waals surface area contributed by atoms with Gasteiger partial charge in [0.1, 0.15) is 0 Å². The second kappa shape index (κ2) is 8.05. The summed E-state index contributed by atoms with van der Waals surface area (Å²) in [5.74, 6) is 0.547. The number of hydrogen-bond acceptors (Lipinski definition) is 6. The van der Waals surface area contributed by atoms with E-state index in [0.29, 0.717) is 36.8 Å². The molecule has 0 radical (unpaired) electrons. The largest absolute Gasteiger partial charge is 0.383 e. The van der Waals surface area contributed by atoms with E-state index in [1.54, 1.807) is 19.2 Å². The molecule has 3 aromatic rings. The van der Waals surface area contributed by atoms with Crippen LogP contribution in [0, 0.1) is 12.3 Å². The van der Waals surface area contributed by atoms with Gasteiger partial charge < -0.3 is 4.74 Å². The van der Waals surface area contributed by atoms with Crippen LogP contribution in [-0.2, 0) is 24.9 Å². The molecule has 0 amide bonds. The third-order valence-electron chi connectivity index (χ3n) is 5.79. The molecule has 0 N–H and O–H groups in total. The Balaban J connectivity index is 1.92. The Hall–Kier alpha value is -3.20. The Labute approximate surface area is 186 Å². The zero-order valence-electron chi connectivity index (χ0n) is 19.5. The van der Waals surface area contributed by atoms with E-state index in [1.165, 1.54) is 9.13 Å². The van der Waals surface area contributed by atoms with Crippen LogP contribution in [0.3, 0.4) is 0 Å². The first kappa shape index (κ1) is 22.0. The predicted molar refractivity (Wildman–Crippen MR) is 126 cm³/mol. The van der Waals surface area contributed by atoms with Crippen molar-refractivity contribution in [2.75, 3.05) is 25.3 Å². The van der Waals surface area contributed by atoms with E-state index in [0.717, 1.165) is 16.8 Å². The van der Waals surface area contributed by atoms with E-state index in [1.807, 2.05) is 35.8 Å². The van der Waals surface area contributed by atoms with E-state index < -0.39 is 0 Å². The zero-order chi connectivity index (χ0) is 23.2. The Morgan fingerprint density at radius 3 is 2.59 bits per heavy atom. The van der Waals surface area contributed by atoms with Gasteiger partial charge in [-0.1, -0.05) is 50.6 Å². The molecule has 0 unspecified atom stereocenters. The van der Waals surface area contributed by atoms with Crippen LogP contribution >= 0.6 is 0 Å². The minimum absolute atomic E-state index is 0.194. The molecule has 4 rings (SSSR count). The quantitative estimate of drug-likeness (QED) is 0.609. The molecule has 9 nitrogen and oxygen atoms in total. The molecule has 0 saturated carbocycles. The van der Waals surface area contributed by atoms with Crippen LogP contribution in [0.4, 0.5) is 5.95 Å². The number of aromatic nitrogens is 4. The highest BCUT2D eigenvalue weighted by molar-refractivity contribution is 5.93. The normalized spacial score (nSPS) is 14.1. The van der Waals surface area contributed by atoms with E-state index in [-0.39, 0.29) is 23.2 Å². The van der Waals surface area contributed by atoms with Gasteiger partial charge in [-0.2, -0.15) is 10.1 Å². The topological polar surface area (TPSA) is 86.7 Å². The Bertz CT molecular complexity index is 1320. The van der Waals surface area contributed by atoms with Crippen molar-refractivity contribution < 1.29 is 4.74 Å². The first-order valence-corrected chi connectivity index (χ1v) is 10.7. The molecule has 1 aromatic carbocycles. The van der Waals surface area contributed by atoms with Gasteiger partial charge in [-0.25, -0.2) is 9.80 Å². The van der Waals surface area contributed by atoms with Gasteiger partial charge in [-0.15, -0.1) is 0 Å². The van der Waals surface area contributed by atoms with Crippen molar-refractivity contribution in [3.63, 3.8) is 0 Å². The minimum Gasteiger partial charge on any atom is -0.383 e. The van der Waals surface area contributed by atoms with Crippen LogP contribution in [0.15, 0.2) is 39.0 Å². The van der Waals surface area contributed by atoms with Crippen LogP contribution in [0.2, 0.25) is 0 Å². The van der Waals surface area contributed by atoms with E-state index in [2.05, 4.69) is 25.8 Å². The van der Waals surface area contributed by atoms with Crippen molar-refractivity contribution in [3.05, 3.63) is 56.2 Å². The monoisotopic (exact) mass is 438 g/mol. The number of hydrazone groups is 1. The highest BCUT2D eigenvalue weighted by atomic mass is 16.5. The number of anilines is 1. The van der Waals surface area contributed by atoms with E-state index in [4.69, 9.17) is 9.84 Å². The molecular formula is C23H30N6O3. The minimum atomic E-state index is -0.389. The number of hydrogen-bond donors (Lipinski definition) is 0. The smallest absolute Gasteiger partial charge is 0.332 e. The molecule has 1 aliphatic heterocycles. The van der Waals surface area contributed by atoms with Gasteiger partial charge in [0.25, 0.3) is 5.56 Å². The van der Waals surface area contributed by atoms with Gasteiger partial charge in [0, 0.05) is 19.6 Å². The first-order chi connectivity index (χ1) is 15.1. The Kier molecular flexibility index (Phi) is 5.54. The highest BCUT2D eigenvalue weighted by Gasteiger charge is 2.31. The number of methoxy groups -OCH3 is 1. The molecule has 1 aliphatic rings. The maximum Gasteiger partial charge on any atom is 0.332 e. The molecule has 9 heteroatoms. The number of benzene rings is 1. The zero-order valence-corrected chi connectivity index (χ0v) is 19.5. The second-order valence-corrected chi connectivity index (χ2v) is 9.30. The molecule has 0 spiro atoms. The van der Waals surface area contributed by atoms with Crippen molar-refractivity contribution in [3.8, 4) is 0 Å². The molecule has 0 atom stereocenters. The number of nitrogens with zero attached hydrogens (tertiary/aromatic N) is 6. The first-order valence-electron chi connectivity index (χ1n) is 10.7. The summed E-state index contributed by atoms with van der Waals surface area (Å²) in [6.45, 7) is 9.87. The fourth-order valence-corrected chi connectivity index (χ4v) is 3.93. The molecule has 0 saturated heterocycles. The summed E-state index contributed by atoms with van der Waals surface area (Å²) in [5, 5.41) is 6.57. The Morgan fingerprint density at radius 1 is 1.19 bits per heavy atom. The fraction of sp³-hybridized carbons (Fsp3) is 0.478. The number of aryl methyl sites for hydroxylation is 2. The van der Waals surface area contributed by atoms with Gasteiger partial charge in [-0.3, -0.25) is 18.5 Å². The highest BCUT2D eigenvalue weighted by Crippen LogP contribution is 2.28. The summed E-state index contributed by atoms with van der Waals surface area (Å²) in [7, 11) is 3.29. The fourth-order valence-electron chi connectivity index (χ4n) is 3.93. The van der Waals surface area contributed by atoms with Crippen molar-refractivity contribution in [1.29, 1.82) is 0 Å². The number of ether oxygens (including phenoxy) is 1. The van der Waals surface area contributed by atoms with Crippen molar-refractivity contribution >= 4 is 22.8 Å². The van der Waals surface area contributed by atoms with Gasteiger partial charge >= 0.3 is 5.69 Å². The van der Waals surface area contributed by atoms with Gasteiger partial charge in [0.15, 0.2) is 11.2 Å². The predicted octanol–water partition coefficient (Wildman–Crippen LogP) is 2.12. The SMILES string of the molecule is COCCN1N=C(C(C)(C)C)Cn2c1nc1c2c(=O)n(Cc2cccc(C)c2)c(=O)n1C. The van der Waals surface area contributed by atoms with Gasteiger partial charge in [-0.05, 0) is 12.5 Å². The molecule has 0 aliphatic carbocycles. The number of rotatable bonds is 5. The van der Waals surface area contributed by atoms with Crippen LogP contribution in [0.5, 0.6) is 0 Å². The molecule has 32 heavy (non-hydrogen) atoms. The van der Waals surface area contributed by atoms with Crippen LogP contribution in [0.25, 0.3) is 11.2 Å². The van der Waals surface area contributed by atoms with Crippen molar-refractivity contribution in [2.24, 2.45) is 17.6 Å². The lowest BCUT2D eigenvalue weighted by Gasteiger charge is -2.31. The molecule has 2 aromatic heterocycles. The molecule has 0 bridgehead atoms. The third kappa shape index (κ3) is 3.77. The maximum absolute atomic E-state index is 13.6. The average molecular weight is 439 g/mol. The lowest BCUT2D eigenvalue weighted by molar-refractivity contribution is 0.204. The molecule has 3 heterocycles. The maximum atomic E-state index is 13.6. The van der Waals surface area contributed by atoms with Crippen molar-refractivity contribution in [1.82, 2.24) is 18.7 Å². The van der Waals surface area contributed by atoms with E-state index in [9.17, 15) is 9.59 Å². The number of imidazole rings is 1. The molecule has 170 valence electrons. The van der Waals surface area contributed by atoms with Crippen molar-refractivity contribution in [2.45, 2.75) is 40.8 Å². The van der Waals surface area contributed by atoms with Crippen LogP contribution in [-0.4, -0.2) is 44.7 Å². The Morgan fingerprint density at radius 2 is 1.94 bits per heavy atom. The van der Waals surface area contributed by atoms with Crippen LogP contribution in [0.1, 0.15) is 31.9 Å². The lowest BCUT2D eigenvalue weighted by atomic mass is 9.89. The summed E-state index contributed by atoms with van der Waals surface area (Å²) in [4.78, 5) is 31.4. The number of fused-ring (bicyclic) bond motifs is 3. The van der Waals surface area contributed by atoms with E-state index >= 15 is 0 Å². The summed E-state index contributed by atoms with van der Waals surface area (Å²) >= 11 is 0. The second-order valence-electron chi connectivity index (χ2n) is 9.30. The lowest BCUT2D eigenvalue weighted by Crippen LogP contribution is -2.41. The third-order valence-corrected chi connectivity index (χ3v) is 5.79. The summed E-state index contributed by atoms with van der Waals surface area (Å²) in [6, 6.07) is 7.83. The standard InChI is InChI=1S/C23H30N6O3/c1-15-8-7-9-16(12-15)13-28-20(30)18-19(26(5)22(28)31)24-21-27(18)14-17(23(2,3)4)25-29(21)10-11-32-6/h7-9,12H,10-11,13-14H2,1-6H3. The average Bonchev–Trinajstić information content (AvgIpc) is 3.13. The summed E-state index contributed by atoms with van der Waals surface area (Å²) < 4.78 is 9.86. The van der Waals surface area contributed by atoms with Gasteiger partial charge in [0.05, 0.1) is 32.0 Å². The summed E-state index contributed by atoms with van der Waals surface area (Å²) in [6.07, 6.45) is 0. The van der Waals surface area contributed by atoms with Gasteiger partial charge in [0.2, 0.25) is 5.95 Å². The van der Waals surface area contributed by atoms with Crippen LogP contribution < -0.4 is 16.3 Å².